The molecule has 1 aromatic heterocycles. The first kappa shape index (κ1) is 23.9. The number of aromatic amines is 1. The summed E-state index contributed by atoms with van der Waals surface area (Å²) in [6.07, 6.45) is 1.35. The average Bonchev–Trinajstić information content (AvgIpc) is 2.77. The number of H-pyrrole nitrogens is 1. The molecule has 0 fully saturated rings. The van der Waals surface area contributed by atoms with Crippen LogP contribution in [-0.4, -0.2) is 38.5 Å². The molecule has 0 aliphatic carbocycles. The number of carboxylic acids is 1. The van der Waals surface area contributed by atoms with Gasteiger partial charge in [0.05, 0.1) is 18.2 Å². The lowest BCUT2D eigenvalue weighted by Gasteiger charge is -2.13. The van der Waals surface area contributed by atoms with E-state index >= 15 is 0 Å². The van der Waals surface area contributed by atoms with Crippen molar-refractivity contribution in [1.82, 2.24) is 14.1 Å². The van der Waals surface area contributed by atoms with Crippen LogP contribution in [0.1, 0.15) is 18.1 Å². The van der Waals surface area contributed by atoms with Crippen molar-refractivity contribution in [2.24, 2.45) is 15.9 Å². The molecule has 0 saturated carbocycles. The second kappa shape index (κ2) is 10.2. The van der Waals surface area contributed by atoms with Gasteiger partial charge in [-0.3, -0.25) is 19.3 Å². The van der Waals surface area contributed by atoms with E-state index in [2.05, 4.69) is 15.0 Å². The van der Waals surface area contributed by atoms with Crippen LogP contribution >= 0.6 is 11.6 Å². The van der Waals surface area contributed by atoms with E-state index in [-0.39, 0.29) is 30.0 Å². The number of hydrogen-bond donors (Lipinski definition) is 2. The second-order valence-electron chi connectivity index (χ2n) is 7.30. The molecule has 0 aliphatic rings. The Morgan fingerprint density at radius 2 is 1.91 bits per heavy atom. The molecule has 33 heavy (non-hydrogen) atoms. The molecule has 3 aromatic rings. The van der Waals surface area contributed by atoms with E-state index < -0.39 is 29.1 Å². The van der Waals surface area contributed by atoms with Gasteiger partial charge in [0.2, 0.25) is 5.62 Å². The van der Waals surface area contributed by atoms with Crippen molar-refractivity contribution >= 4 is 29.5 Å². The van der Waals surface area contributed by atoms with Gasteiger partial charge in [-0.05, 0) is 29.8 Å². The largest absolute Gasteiger partial charge is 0.481 e. The van der Waals surface area contributed by atoms with Crippen LogP contribution in [0, 0.1) is 11.7 Å². The summed E-state index contributed by atoms with van der Waals surface area (Å²) in [5.74, 6) is -2.69. The third-order valence-corrected chi connectivity index (χ3v) is 5.05. The van der Waals surface area contributed by atoms with E-state index in [1.807, 2.05) is 0 Å². The highest BCUT2D eigenvalue weighted by Crippen LogP contribution is 2.15. The van der Waals surface area contributed by atoms with E-state index in [9.17, 15) is 23.9 Å². The summed E-state index contributed by atoms with van der Waals surface area (Å²) in [4.78, 5) is 47.5. The number of halogens is 2. The summed E-state index contributed by atoms with van der Waals surface area (Å²) < 4.78 is 16.3. The first-order chi connectivity index (χ1) is 15.7. The molecule has 1 atom stereocenters. The van der Waals surface area contributed by atoms with Gasteiger partial charge in [0.1, 0.15) is 5.82 Å². The number of carbonyl (C=O) groups is 1. The highest BCUT2D eigenvalue weighted by molar-refractivity contribution is 6.30. The number of hydrogen-bond acceptors (Lipinski definition) is 5. The van der Waals surface area contributed by atoms with Crippen molar-refractivity contribution in [3.8, 4) is 0 Å². The third kappa shape index (κ3) is 5.72. The van der Waals surface area contributed by atoms with E-state index in [0.717, 1.165) is 10.6 Å². The first-order valence-corrected chi connectivity index (χ1v) is 10.2. The predicted molar refractivity (Wildman–Crippen MR) is 122 cm³/mol. The van der Waals surface area contributed by atoms with Crippen molar-refractivity contribution in [2.45, 2.75) is 20.0 Å². The number of rotatable bonds is 7. The van der Waals surface area contributed by atoms with Crippen LogP contribution in [0.2, 0.25) is 5.02 Å². The Hall–Kier alpha value is -3.79. The number of aliphatic imine (C=N–C) groups is 1. The molecule has 0 saturated heterocycles. The molecular formula is C22H21ClFN5O4. The number of benzene rings is 2. The van der Waals surface area contributed by atoms with Gasteiger partial charge < -0.3 is 5.11 Å². The van der Waals surface area contributed by atoms with Crippen molar-refractivity contribution in [2.75, 3.05) is 7.05 Å². The smallest absolute Gasteiger partial charge is 0.335 e. The molecule has 9 nitrogen and oxygen atoms in total. The molecule has 0 amide bonds. The minimum Gasteiger partial charge on any atom is -0.481 e. The Morgan fingerprint density at radius 3 is 2.52 bits per heavy atom. The maximum Gasteiger partial charge on any atom is 0.335 e. The fourth-order valence-corrected chi connectivity index (χ4v) is 3.15. The van der Waals surface area contributed by atoms with Gasteiger partial charge in [0.25, 0.3) is 0 Å². The molecule has 3 rings (SSSR count). The van der Waals surface area contributed by atoms with Gasteiger partial charge in [-0.2, -0.15) is 0 Å². The van der Waals surface area contributed by atoms with E-state index in [4.69, 9.17) is 11.6 Å². The second-order valence-corrected chi connectivity index (χ2v) is 7.74. The lowest BCUT2D eigenvalue weighted by molar-refractivity contribution is -0.141. The fourth-order valence-electron chi connectivity index (χ4n) is 3.02. The van der Waals surface area contributed by atoms with Gasteiger partial charge >= 0.3 is 17.3 Å². The zero-order chi connectivity index (χ0) is 24.1. The molecule has 0 bridgehead atoms. The Bertz CT molecular complexity index is 1390. The molecule has 0 spiro atoms. The van der Waals surface area contributed by atoms with Crippen molar-refractivity contribution in [3.05, 3.63) is 91.0 Å². The molecule has 0 radical (unpaired) electrons. The molecular weight excluding hydrogens is 453 g/mol. The van der Waals surface area contributed by atoms with E-state index in [0.29, 0.717) is 10.6 Å². The standard InChI is InChI=1S/C22H21ClFN5O4/c1-13(19(30)31)11-29-21(32)27-20(26-17-8-5-15(10-25-2)18(24)9-17)28(22(29)33)12-14-3-6-16(23)7-4-14/h3-10,13H,11-12H2,1-2H3,(H,30,31)(H,26,27,32)/b25-10+/t13-/m0/s1. The van der Waals surface area contributed by atoms with Crippen LogP contribution in [0.3, 0.4) is 0 Å². The van der Waals surface area contributed by atoms with Gasteiger partial charge in [-0.25, -0.2) is 23.5 Å². The van der Waals surface area contributed by atoms with Crippen LogP contribution in [0.25, 0.3) is 0 Å². The Balaban J connectivity index is 2.19. The van der Waals surface area contributed by atoms with Crippen LogP contribution in [0.15, 0.2) is 62.0 Å². The normalized spacial score (nSPS) is 12.9. The number of nitrogens with one attached hydrogen (secondary N) is 1. The van der Waals surface area contributed by atoms with Gasteiger partial charge in [-0.15, -0.1) is 0 Å². The number of aliphatic carboxylic acids is 1. The first-order valence-electron chi connectivity index (χ1n) is 9.87. The maximum atomic E-state index is 14.3. The predicted octanol–water partition coefficient (Wildman–Crippen LogP) is 2.18. The van der Waals surface area contributed by atoms with E-state index in [1.54, 1.807) is 24.3 Å². The van der Waals surface area contributed by atoms with Crippen molar-refractivity contribution < 1.29 is 14.3 Å². The summed E-state index contributed by atoms with van der Waals surface area (Å²) in [6.45, 7) is 1.07. The fraction of sp³-hybridized carbons (Fsp3) is 0.227. The van der Waals surface area contributed by atoms with Crippen LogP contribution in [-0.2, 0) is 17.9 Å². The summed E-state index contributed by atoms with van der Waals surface area (Å²) in [6, 6.07) is 10.8. The molecule has 172 valence electrons. The zero-order valence-electron chi connectivity index (χ0n) is 17.8. The SMILES string of the molecule is C/N=C/c1ccc(/N=c2\[nH]c(=O)n(C[C@H](C)C(=O)O)c(=O)n2Cc2ccc(Cl)cc2)cc1F. The van der Waals surface area contributed by atoms with Gasteiger partial charge in [0, 0.05) is 36.5 Å². The van der Waals surface area contributed by atoms with Crippen molar-refractivity contribution in [1.29, 1.82) is 0 Å². The lowest BCUT2D eigenvalue weighted by atomic mass is 10.2. The summed E-state index contributed by atoms with van der Waals surface area (Å²) in [7, 11) is 1.52. The minimum absolute atomic E-state index is 0.0100. The minimum atomic E-state index is -1.15. The number of aromatic nitrogens is 3. The number of carboxylic acid groups (broad SMARTS) is 1. The third-order valence-electron chi connectivity index (χ3n) is 4.80. The Morgan fingerprint density at radius 1 is 1.21 bits per heavy atom. The summed E-state index contributed by atoms with van der Waals surface area (Å²) in [5, 5.41) is 9.69. The number of nitrogens with zero attached hydrogens (tertiary/aromatic N) is 4. The molecule has 0 unspecified atom stereocenters. The average molecular weight is 474 g/mol. The molecule has 0 aliphatic heterocycles. The lowest BCUT2D eigenvalue weighted by Crippen LogP contribution is -2.51. The van der Waals surface area contributed by atoms with Gasteiger partial charge in [0.15, 0.2) is 0 Å². The summed E-state index contributed by atoms with van der Waals surface area (Å²) >= 11 is 5.93. The van der Waals surface area contributed by atoms with E-state index in [1.165, 1.54) is 36.9 Å². The van der Waals surface area contributed by atoms with Crippen molar-refractivity contribution in [3.63, 3.8) is 0 Å². The highest BCUT2D eigenvalue weighted by Gasteiger charge is 2.17. The van der Waals surface area contributed by atoms with Gasteiger partial charge in [-0.1, -0.05) is 30.7 Å². The zero-order valence-corrected chi connectivity index (χ0v) is 18.6. The molecule has 11 heteroatoms. The summed E-state index contributed by atoms with van der Waals surface area (Å²) in [5.41, 5.74) is -0.585. The highest BCUT2D eigenvalue weighted by atomic mass is 35.5. The quantitative estimate of drug-likeness (QED) is 0.511. The van der Waals surface area contributed by atoms with Crippen LogP contribution < -0.4 is 17.0 Å². The molecule has 2 N–H and O–H groups in total. The Labute approximate surface area is 192 Å². The monoisotopic (exact) mass is 473 g/mol. The van der Waals surface area contributed by atoms with Crippen LogP contribution in [0.5, 0.6) is 0 Å². The molecule has 1 heterocycles. The maximum absolute atomic E-state index is 14.3. The molecule has 2 aromatic carbocycles. The topological polar surface area (TPSA) is 122 Å². The Kier molecular flexibility index (Phi) is 7.39. The van der Waals surface area contributed by atoms with Crippen LogP contribution in [0.4, 0.5) is 10.1 Å².